The second-order valence-corrected chi connectivity index (χ2v) is 7.11. The number of sulfonamides is 1. The molecular weight excluding hydrogens is 306 g/mol. The number of rotatable bonds is 4. The summed E-state index contributed by atoms with van der Waals surface area (Å²) in [6, 6.07) is 22.9. The second kappa shape index (κ2) is 6.26. The van der Waals surface area contributed by atoms with Crippen LogP contribution < -0.4 is 4.31 Å². The molecule has 23 heavy (non-hydrogen) atoms. The third-order valence-corrected chi connectivity index (χ3v) is 5.16. The number of hydrogen-bond acceptors (Lipinski definition) is 2. The minimum Gasteiger partial charge on any atom is -0.270 e. The van der Waals surface area contributed by atoms with E-state index in [1.54, 1.807) is 13.1 Å². The van der Waals surface area contributed by atoms with Crippen LogP contribution in [0.3, 0.4) is 0 Å². The van der Waals surface area contributed by atoms with Gasteiger partial charge >= 0.3 is 0 Å². The lowest BCUT2D eigenvalue weighted by molar-refractivity contribution is 0.603. The summed E-state index contributed by atoms with van der Waals surface area (Å²) >= 11 is 0. The van der Waals surface area contributed by atoms with Crippen LogP contribution in [0.25, 0.3) is 16.8 Å². The van der Waals surface area contributed by atoms with Gasteiger partial charge in [0.2, 0.25) is 0 Å². The van der Waals surface area contributed by atoms with Gasteiger partial charge in [0.1, 0.15) is 0 Å². The fraction of sp³-hybridized carbons (Fsp3) is 0.0526. The van der Waals surface area contributed by atoms with Crippen LogP contribution in [0.1, 0.15) is 5.56 Å². The van der Waals surface area contributed by atoms with Gasteiger partial charge in [0.25, 0.3) is 10.0 Å². The Morgan fingerprint density at radius 2 is 1.48 bits per heavy atom. The minimum atomic E-state index is -3.53. The normalized spacial score (nSPS) is 11.9. The summed E-state index contributed by atoms with van der Waals surface area (Å²) in [4.78, 5) is 0. The molecule has 3 rings (SSSR count). The zero-order chi connectivity index (χ0) is 16.3. The molecule has 0 unspecified atom stereocenters. The first kappa shape index (κ1) is 15.3. The Morgan fingerprint density at radius 3 is 2.22 bits per heavy atom. The van der Waals surface area contributed by atoms with Crippen LogP contribution in [-0.4, -0.2) is 15.5 Å². The van der Waals surface area contributed by atoms with Crippen molar-refractivity contribution in [3.8, 4) is 0 Å². The molecule has 0 heterocycles. The van der Waals surface area contributed by atoms with Crippen molar-refractivity contribution in [2.45, 2.75) is 0 Å². The molecular formula is C19H17NO2S. The van der Waals surface area contributed by atoms with E-state index in [1.807, 2.05) is 72.8 Å². The van der Waals surface area contributed by atoms with Crippen molar-refractivity contribution in [3.63, 3.8) is 0 Å². The summed E-state index contributed by atoms with van der Waals surface area (Å²) in [5, 5.41) is 3.33. The number of fused-ring (bicyclic) bond motifs is 1. The van der Waals surface area contributed by atoms with Gasteiger partial charge in [-0.1, -0.05) is 60.7 Å². The van der Waals surface area contributed by atoms with Gasteiger partial charge in [0.15, 0.2) is 0 Å². The quantitative estimate of drug-likeness (QED) is 0.719. The molecule has 0 radical (unpaired) electrons. The van der Waals surface area contributed by atoms with Crippen LogP contribution in [0.5, 0.6) is 0 Å². The summed E-state index contributed by atoms with van der Waals surface area (Å²) in [6.45, 7) is 0. The first-order chi connectivity index (χ1) is 11.1. The summed E-state index contributed by atoms with van der Waals surface area (Å²) in [5.74, 6) is 0. The molecule has 0 aliphatic carbocycles. The molecule has 0 aliphatic rings. The zero-order valence-electron chi connectivity index (χ0n) is 12.8. The van der Waals surface area contributed by atoms with Crippen molar-refractivity contribution < 1.29 is 8.42 Å². The van der Waals surface area contributed by atoms with Crippen LogP contribution >= 0.6 is 0 Å². The average Bonchev–Trinajstić information content (AvgIpc) is 2.60. The Kier molecular flexibility index (Phi) is 4.17. The van der Waals surface area contributed by atoms with Gasteiger partial charge in [0.05, 0.1) is 11.1 Å². The van der Waals surface area contributed by atoms with E-state index in [0.717, 1.165) is 16.3 Å². The molecule has 3 nitrogen and oxygen atoms in total. The molecule has 0 atom stereocenters. The Labute approximate surface area is 136 Å². The lowest BCUT2D eigenvalue weighted by Crippen LogP contribution is -2.24. The van der Waals surface area contributed by atoms with Gasteiger partial charge in [-0.15, -0.1) is 0 Å². The van der Waals surface area contributed by atoms with Crippen molar-refractivity contribution in [1.82, 2.24) is 0 Å². The van der Waals surface area contributed by atoms with E-state index in [4.69, 9.17) is 0 Å². The summed E-state index contributed by atoms with van der Waals surface area (Å²) in [7, 11) is -1.96. The van der Waals surface area contributed by atoms with Crippen LogP contribution in [0, 0.1) is 0 Å². The first-order valence-corrected chi connectivity index (χ1v) is 8.77. The Morgan fingerprint density at radius 1 is 0.826 bits per heavy atom. The number of nitrogens with zero attached hydrogens (tertiary/aromatic N) is 1. The fourth-order valence-electron chi connectivity index (χ4n) is 2.34. The van der Waals surface area contributed by atoms with E-state index in [-0.39, 0.29) is 0 Å². The monoisotopic (exact) mass is 323 g/mol. The number of hydrogen-bond donors (Lipinski definition) is 0. The highest BCUT2D eigenvalue weighted by molar-refractivity contribution is 7.95. The lowest BCUT2D eigenvalue weighted by Gasteiger charge is -2.17. The van der Waals surface area contributed by atoms with Gasteiger partial charge in [-0.25, -0.2) is 8.42 Å². The number of benzene rings is 3. The molecule has 0 saturated carbocycles. The number of anilines is 1. The maximum absolute atomic E-state index is 12.5. The molecule has 3 aromatic rings. The highest BCUT2D eigenvalue weighted by Gasteiger charge is 2.15. The molecule has 3 aromatic carbocycles. The summed E-state index contributed by atoms with van der Waals surface area (Å²) in [6.07, 6.45) is 1.60. The van der Waals surface area contributed by atoms with Crippen molar-refractivity contribution in [3.05, 3.63) is 83.8 Å². The minimum absolute atomic E-state index is 0.640. The maximum atomic E-state index is 12.5. The third-order valence-electron chi connectivity index (χ3n) is 3.71. The zero-order valence-corrected chi connectivity index (χ0v) is 13.6. The van der Waals surface area contributed by atoms with E-state index < -0.39 is 10.0 Å². The highest BCUT2D eigenvalue weighted by atomic mass is 32.2. The van der Waals surface area contributed by atoms with Gasteiger partial charge in [-0.2, -0.15) is 0 Å². The molecule has 116 valence electrons. The Bertz CT molecular complexity index is 947. The molecule has 0 amide bonds. The second-order valence-electron chi connectivity index (χ2n) is 5.26. The predicted molar refractivity (Wildman–Crippen MR) is 96.7 cm³/mol. The fourth-order valence-corrected chi connectivity index (χ4v) is 3.26. The molecule has 4 heteroatoms. The largest absolute Gasteiger partial charge is 0.270 e. The van der Waals surface area contributed by atoms with Crippen LogP contribution in [0.2, 0.25) is 0 Å². The van der Waals surface area contributed by atoms with Gasteiger partial charge < -0.3 is 0 Å². The maximum Gasteiger partial charge on any atom is 0.257 e. The van der Waals surface area contributed by atoms with E-state index >= 15 is 0 Å². The first-order valence-electron chi connectivity index (χ1n) is 7.27. The summed E-state index contributed by atoms with van der Waals surface area (Å²) < 4.78 is 26.2. The SMILES string of the molecule is CN(c1ccc2ccccc2c1)S(=O)(=O)/C=C/c1ccccc1. The molecule has 0 spiro atoms. The smallest absolute Gasteiger partial charge is 0.257 e. The molecule has 0 fully saturated rings. The standard InChI is InChI=1S/C19H17NO2S/c1-20(19-12-11-17-9-5-6-10-18(17)15-19)23(21,22)14-13-16-7-3-2-4-8-16/h2-15H,1H3/b14-13+. The van der Waals surface area contributed by atoms with Crippen molar-refractivity contribution in [2.24, 2.45) is 0 Å². The third kappa shape index (κ3) is 3.43. The van der Waals surface area contributed by atoms with E-state index in [0.29, 0.717) is 5.69 Å². The van der Waals surface area contributed by atoms with Gasteiger partial charge in [-0.05, 0) is 34.5 Å². The van der Waals surface area contributed by atoms with E-state index in [1.165, 1.54) is 9.71 Å². The summed E-state index contributed by atoms with van der Waals surface area (Å²) in [5.41, 5.74) is 1.49. The highest BCUT2D eigenvalue weighted by Crippen LogP contribution is 2.23. The average molecular weight is 323 g/mol. The van der Waals surface area contributed by atoms with Crippen LogP contribution in [0.15, 0.2) is 78.2 Å². The van der Waals surface area contributed by atoms with Crippen molar-refractivity contribution in [1.29, 1.82) is 0 Å². The molecule has 0 saturated heterocycles. The van der Waals surface area contributed by atoms with E-state index in [9.17, 15) is 8.42 Å². The molecule has 0 aromatic heterocycles. The van der Waals surface area contributed by atoms with Crippen LogP contribution in [-0.2, 0) is 10.0 Å². The Hall–Kier alpha value is -2.59. The molecule has 0 bridgehead atoms. The predicted octanol–water partition coefficient (Wildman–Crippen LogP) is 4.28. The molecule has 0 N–H and O–H groups in total. The van der Waals surface area contributed by atoms with Gasteiger partial charge in [-0.3, -0.25) is 4.31 Å². The molecule has 0 aliphatic heterocycles. The van der Waals surface area contributed by atoms with E-state index in [2.05, 4.69) is 0 Å². The van der Waals surface area contributed by atoms with Gasteiger partial charge in [0, 0.05) is 7.05 Å². The topological polar surface area (TPSA) is 37.4 Å². The van der Waals surface area contributed by atoms with Crippen molar-refractivity contribution >= 4 is 32.6 Å². The lowest BCUT2D eigenvalue weighted by atomic mass is 10.1. The van der Waals surface area contributed by atoms with Crippen LogP contribution in [0.4, 0.5) is 5.69 Å². The Balaban J connectivity index is 1.90. The van der Waals surface area contributed by atoms with Crippen molar-refractivity contribution in [2.75, 3.05) is 11.4 Å².